The molecule has 1 N–H and O–H groups in total. The van der Waals surface area contributed by atoms with Crippen LogP contribution >= 0.6 is 0 Å². The first kappa shape index (κ1) is 53.3. The molecule has 1 saturated carbocycles. The molecule has 1 saturated heterocycles. The second kappa shape index (κ2) is 22.6. The molecular weight excluding hydrogens is 959 g/mol. The number of sulfonamides is 1. The number of benzene rings is 5. The zero-order valence-electron chi connectivity index (χ0n) is 44.0. The third kappa shape index (κ3) is 13.4. The van der Waals surface area contributed by atoms with E-state index < -0.39 is 27.3 Å². The van der Waals surface area contributed by atoms with Crippen LogP contribution in [0.25, 0.3) is 22.5 Å². The summed E-state index contributed by atoms with van der Waals surface area (Å²) in [4.78, 5) is 28.9. The Morgan fingerprint density at radius 2 is 1.20 bits per heavy atom. The van der Waals surface area contributed by atoms with Crippen LogP contribution in [-0.2, 0) is 45.6 Å². The Hall–Kier alpha value is -6.98. The molecule has 0 radical (unpaired) electrons. The highest BCUT2D eigenvalue weighted by Gasteiger charge is 2.37. The summed E-state index contributed by atoms with van der Waals surface area (Å²) < 4.78 is 61.7. The van der Waals surface area contributed by atoms with Gasteiger partial charge in [0.2, 0.25) is 15.8 Å². The van der Waals surface area contributed by atoms with E-state index in [4.69, 9.17) is 28.8 Å². The van der Waals surface area contributed by atoms with Crippen molar-refractivity contribution in [2.24, 2.45) is 5.92 Å². The third-order valence-electron chi connectivity index (χ3n) is 13.3. The van der Waals surface area contributed by atoms with Gasteiger partial charge in [0.05, 0.1) is 38.3 Å². The molecule has 5 aromatic carbocycles. The summed E-state index contributed by atoms with van der Waals surface area (Å²) >= 11 is 0. The molecule has 1 aliphatic carbocycles. The molecule has 0 atom stereocenters. The lowest BCUT2D eigenvalue weighted by Gasteiger charge is -2.40. The summed E-state index contributed by atoms with van der Waals surface area (Å²) in [6, 6.07) is 34.3. The number of alkyl carbamates (subject to hydrolysis) is 1. The van der Waals surface area contributed by atoms with Gasteiger partial charge in [0.1, 0.15) is 28.5 Å². The zero-order chi connectivity index (χ0) is 52.8. The highest BCUT2D eigenvalue weighted by molar-refractivity contribution is 7.89. The fourth-order valence-electron chi connectivity index (χ4n) is 9.47. The molecule has 2 heterocycles. The van der Waals surface area contributed by atoms with E-state index in [0.29, 0.717) is 66.3 Å². The quantitative estimate of drug-likeness (QED) is 0.0916. The van der Waals surface area contributed by atoms with E-state index in [2.05, 4.69) is 15.6 Å². The van der Waals surface area contributed by atoms with Gasteiger partial charge in [0.15, 0.2) is 0 Å². The standard InChI is InChI=1S/C57H69N7O9S/c1-56(2,3)72-54(65)58-46-23-10-38(11-24-46)32-44-22-31-50(43-20-18-42(19-21-43)45-36-62(37-45)55(66)73-57(4,5)6)51(53-59-61-64(60-53)35-41-16-29-49(71-9)30-17-41)52(44)74(67,68)63(33-39-12-25-47(69-7)26-13-39)34-40-14-27-48(70-8)28-15-40/h12-22,25-31,38,45-46H,10-11,23-24,32-37H2,1-9H3,(H,58,65). The van der Waals surface area contributed by atoms with Gasteiger partial charge in [-0.2, -0.15) is 9.10 Å². The fraction of sp³-hybridized carbons (Fsp3) is 0.421. The molecule has 8 rings (SSSR count). The first-order valence-electron chi connectivity index (χ1n) is 25.2. The van der Waals surface area contributed by atoms with E-state index >= 15 is 8.42 Å². The Bertz CT molecular complexity index is 2920. The average molecular weight is 1030 g/mol. The number of hydrogen-bond acceptors (Lipinski definition) is 12. The lowest BCUT2D eigenvalue weighted by atomic mass is 9.81. The molecule has 2 fully saturated rings. The van der Waals surface area contributed by atoms with Crippen molar-refractivity contribution in [3.8, 4) is 39.8 Å². The van der Waals surface area contributed by atoms with E-state index in [-0.39, 0.29) is 54.3 Å². The fourth-order valence-corrected chi connectivity index (χ4v) is 11.3. The highest BCUT2D eigenvalue weighted by atomic mass is 32.2. The van der Waals surface area contributed by atoms with Gasteiger partial charge in [-0.1, -0.05) is 72.8 Å². The van der Waals surface area contributed by atoms with Crippen LogP contribution in [0.15, 0.2) is 114 Å². The Morgan fingerprint density at radius 3 is 1.72 bits per heavy atom. The van der Waals surface area contributed by atoms with Gasteiger partial charge >= 0.3 is 12.2 Å². The number of carbonyl (C=O) groups is 2. The second-order valence-electron chi connectivity index (χ2n) is 21.2. The molecule has 17 heteroatoms. The summed E-state index contributed by atoms with van der Waals surface area (Å²) in [5, 5.41) is 17.2. The van der Waals surface area contributed by atoms with Crippen molar-refractivity contribution < 1.29 is 41.7 Å². The molecule has 0 bridgehead atoms. The molecule has 16 nitrogen and oxygen atoms in total. The number of likely N-dealkylation sites (tertiary alicyclic amines) is 1. The SMILES string of the molecule is COc1ccc(CN(Cc2ccc(OC)cc2)S(=O)(=O)c2c(CC3CCC(NC(=O)OC(C)(C)C)CC3)ccc(-c3ccc(C4CN(C(=O)OC(C)(C)C)C4)cc3)c2-c2nnn(Cc3ccc(OC)cc3)n2)cc1. The van der Waals surface area contributed by atoms with Gasteiger partial charge in [-0.15, -0.1) is 10.2 Å². The number of ether oxygens (including phenoxy) is 5. The van der Waals surface area contributed by atoms with E-state index in [1.807, 2.05) is 151 Å². The summed E-state index contributed by atoms with van der Waals surface area (Å²) in [6.07, 6.45) is 2.58. The summed E-state index contributed by atoms with van der Waals surface area (Å²) in [5.41, 5.74) is 4.59. The summed E-state index contributed by atoms with van der Waals surface area (Å²) in [7, 11) is 0.356. The number of nitrogens with zero attached hydrogens (tertiary/aromatic N) is 6. The lowest BCUT2D eigenvalue weighted by Crippen LogP contribution is -2.50. The van der Waals surface area contributed by atoms with Crippen LogP contribution in [0.2, 0.25) is 0 Å². The number of rotatable bonds is 17. The minimum absolute atomic E-state index is 0.0386. The second-order valence-corrected chi connectivity index (χ2v) is 23.1. The van der Waals surface area contributed by atoms with Crippen LogP contribution in [0, 0.1) is 5.92 Å². The molecule has 392 valence electrons. The largest absolute Gasteiger partial charge is 0.497 e. The molecular formula is C57H69N7O9S. The lowest BCUT2D eigenvalue weighted by molar-refractivity contribution is 0.00816. The van der Waals surface area contributed by atoms with Gasteiger partial charge in [0.25, 0.3) is 0 Å². The molecule has 2 amide bonds. The predicted octanol–water partition coefficient (Wildman–Crippen LogP) is 10.4. The van der Waals surface area contributed by atoms with Gasteiger partial charge in [-0.3, -0.25) is 0 Å². The minimum Gasteiger partial charge on any atom is -0.497 e. The number of tetrazole rings is 1. The molecule has 0 spiro atoms. The number of carbonyl (C=O) groups excluding carboxylic acids is 2. The smallest absolute Gasteiger partial charge is 0.410 e. The maximum absolute atomic E-state index is 16.3. The van der Waals surface area contributed by atoms with Gasteiger partial charge in [-0.05, 0) is 160 Å². The van der Waals surface area contributed by atoms with Crippen molar-refractivity contribution >= 4 is 22.2 Å². The zero-order valence-corrected chi connectivity index (χ0v) is 44.8. The number of hydrogen-bond donors (Lipinski definition) is 1. The van der Waals surface area contributed by atoms with Crippen LogP contribution in [0.3, 0.4) is 0 Å². The molecule has 6 aromatic rings. The Morgan fingerprint density at radius 1 is 0.676 bits per heavy atom. The Labute approximate surface area is 435 Å². The number of nitrogens with one attached hydrogen (secondary N) is 1. The van der Waals surface area contributed by atoms with Crippen molar-refractivity contribution in [1.29, 1.82) is 0 Å². The first-order chi connectivity index (χ1) is 35.3. The Balaban J connectivity index is 1.24. The normalized spacial score (nSPS) is 16.3. The van der Waals surface area contributed by atoms with Crippen LogP contribution < -0.4 is 19.5 Å². The summed E-state index contributed by atoms with van der Waals surface area (Å²) in [5.74, 6) is 2.37. The van der Waals surface area contributed by atoms with E-state index in [9.17, 15) is 9.59 Å². The third-order valence-corrected chi connectivity index (χ3v) is 15.3. The molecule has 0 unspecified atom stereocenters. The average Bonchev–Trinajstić information content (AvgIpc) is 3.81. The van der Waals surface area contributed by atoms with Crippen molar-refractivity contribution in [3.05, 3.63) is 137 Å². The van der Waals surface area contributed by atoms with Crippen molar-refractivity contribution in [2.75, 3.05) is 34.4 Å². The topological polar surface area (TPSA) is 177 Å². The highest BCUT2D eigenvalue weighted by Crippen LogP contribution is 2.42. The first-order valence-corrected chi connectivity index (χ1v) is 26.6. The van der Waals surface area contributed by atoms with Crippen LogP contribution in [0.1, 0.15) is 101 Å². The van der Waals surface area contributed by atoms with Gasteiger partial charge in [0, 0.05) is 38.1 Å². The van der Waals surface area contributed by atoms with Crippen LogP contribution in [-0.4, -0.2) is 102 Å². The predicted molar refractivity (Wildman–Crippen MR) is 283 cm³/mol. The van der Waals surface area contributed by atoms with E-state index in [1.54, 1.807) is 26.2 Å². The number of methoxy groups -OCH3 is 3. The van der Waals surface area contributed by atoms with Crippen molar-refractivity contribution in [1.82, 2.24) is 34.7 Å². The molecule has 74 heavy (non-hydrogen) atoms. The van der Waals surface area contributed by atoms with Crippen LogP contribution in [0.5, 0.6) is 17.2 Å². The number of amides is 2. The van der Waals surface area contributed by atoms with Gasteiger partial charge in [-0.25, -0.2) is 18.0 Å². The van der Waals surface area contributed by atoms with E-state index in [1.165, 1.54) is 9.10 Å². The van der Waals surface area contributed by atoms with E-state index in [0.717, 1.165) is 40.7 Å². The molecule has 1 aromatic heterocycles. The Kier molecular flexibility index (Phi) is 16.3. The van der Waals surface area contributed by atoms with Crippen molar-refractivity contribution in [3.63, 3.8) is 0 Å². The van der Waals surface area contributed by atoms with Gasteiger partial charge < -0.3 is 33.9 Å². The monoisotopic (exact) mass is 1030 g/mol. The molecule has 1 aliphatic heterocycles. The maximum Gasteiger partial charge on any atom is 0.410 e. The summed E-state index contributed by atoms with van der Waals surface area (Å²) in [6.45, 7) is 12.5. The van der Waals surface area contributed by atoms with Crippen molar-refractivity contribution in [2.45, 2.75) is 121 Å². The maximum atomic E-state index is 16.3. The number of aromatic nitrogens is 4. The van der Waals surface area contributed by atoms with Crippen LogP contribution in [0.4, 0.5) is 9.59 Å². The molecule has 2 aliphatic rings. The minimum atomic E-state index is -4.45.